The highest BCUT2D eigenvalue weighted by Crippen LogP contribution is 2.55. The smallest absolute Gasteiger partial charge is 0.379 e. The van der Waals surface area contributed by atoms with Gasteiger partial charge < -0.3 is 19.3 Å². The minimum absolute atomic E-state index is 0.0190. The lowest BCUT2D eigenvalue weighted by Crippen LogP contribution is -2.49. The largest absolute Gasteiger partial charge is 0.417 e. The molecule has 4 aliphatic rings. The molecule has 2 amide bonds. The van der Waals surface area contributed by atoms with Crippen LogP contribution in [0.4, 0.5) is 13.2 Å². The van der Waals surface area contributed by atoms with E-state index in [9.17, 15) is 22.8 Å². The molecule has 0 aromatic carbocycles. The number of hydrogen-bond donors (Lipinski definition) is 0. The van der Waals surface area contributed by atoms with E-state index in [2.05, 4.69) is 25.8 Å². The summed E-state index contributed by atoms with van der Waals surface area (Å²) >= 11 is 0. The van der Waals surface area contributed by atoms with E-state index in [0.717, 1.165) is 37.9 Å². The highest BCUT2D eigenvalue weighted by Gasteiger charge is 2.59. The number of aromatic nitrogens is 1. The highest BCUT2D eigenvalue weighted by molar-refractivity contribution is 5.86. The van der Waals surface area contributed by atoms with Gasteiger partial charge in [0.25, 0.3) is 0 Å². The van der Waals surface area contributed by atoms with Crippen molar-refractivity contribution in [2.75, 3.05) is 40.0 Å². The van der Waals surface area contributed by atoms with Crippen molar-refractivity contribution in [2.24, 2.45) is 28.6 Å². The molecule has 10 heteroatoms. The first-order chi connectivity index (χ1) is 19.3. The summed E-state index contributed by atoms with van der Waals surface area (Å²) in [4.78, 5) is 35.4. The van der Waals surface area contributed by atoms with Crippen LogP contribution < -0.4 is 0 Å². The zero-order valence-corrected chi connectivity index (χ0v) is 24.8. The molecule has 1 aromatic heterocycles. The molecule has 5 rings (SSSR count). The third-order valence-corrected chi connectivity index (χ3v) is 9.87. The summed E-state index contributed by atoms with van der Waals surface area (Å²) in [7, 11) is 1.72. The van der Waals surface area contributed by atoms with Crippen molar-refractivity contribution in [1.82, 2.24) is 14.8 Å². The van der Waals surface area contributed by atoms with Gasteiger partial charge in [0.2, 0.25) is 11.8 Å². The molecule has 228 valence electrons. The molecule has 0 spiro atoms. The fraction of sp³-hybridized carbons (Fsp3) is 0.774. The van der Waals surface area contributed by atoms with E-state index in [1.165, 1.54) is 0 Å². The van der Waals surface area contributed by atoms with E-state index in [1.807, 2.05) is 4.90 Å². The summed E-state index contributed by atoms with van der Waals surface area (Å²) in [5.74, 6) is 0.801. The number of hydrogen-bond acceptors (Lipinski definition) is 5. The lowest BCUT2D eigenvalue weighted by atomic mass is 9.78. The maximum atomic E-state index is 14.4. The number of fused-ring (bicyclic) bond motifs is 2. The van der Waals surface area contributed by atoms with Crippen molar-refractivity contribution in [3.05, 3.63) is 29.1 Å². The van der Waals surface area contributed by atoms with E-state index in [-0.39, 0.29) is 35.8 Å². The number of rotatable bonds is 6. The van der Waals surface area contributed by atoms with Gasteiger partial charge in [-0.1, -0.05) is 20.8 Å². The van der Waals surface area contributed by atoms with Crippen LogP contribution in [0.3, 0.4) is 0 Å². The Labute approximate surface area is 241 Å². The Morgan fingerprint density at radius 2 is 2.00 bits per heavy atom. The third kappa shape index (κ3) is 6.43. The van der Waals surface area contributed by atoms with Crippen LogP contribution in [0.25, 0.3) is 0 Å². The zero-order valence-electron chi connectivity index (χ0n) is 24.8. The lowest BCUT2D eigenvalue weighted by molar-refractivity contribution is -0.144. The zero-order chi connectivity index (χ0) is 29.6. The quantitative estimate of drug-likeness (QED) is 0.469. The van der Waals surface area contributed by atoms with E-state index in [1.54, 1.807) is 12.0 Å². The Morgan fingerprint density at radius 1 is 1.22 bits per heavy atom. The van der Waals surface area contributed by atoms with Gasteiger partial charge in [0.1, 0.15) is 0 Å². The van der Waals surface area contributed by atoms with Crippen molar-refractivity contribution >= 4 is 11.8 Å². The number of alkyl halides is 3. The number of carbonyl (C=O) groups excluding carboxylic acids is 2. The van der Waals surface area contributed by atoms with Crippen molar-refractivity contribution in [2.45, 2.75) is 84.5 Å². The van der Waals surface area contributed by atoms with E-state index >= 15 is 0 Å². The van der Waals surface area contributed by atoms with Crippen LogP contribution in [0.1, 0.15) is 76.1 Å². The van der Waals surface area contributed by atoms with Crippen LogP contribution in [0, 0.1) is 28.6 Å². The molecule has 1 aliphatic carbocycles. The summed E-state index contributed by atoms with van der Waals surface area (Å²) in [5, 5.41) is 0. The van der Waals surface area contributed by atoms with Gasteiger partial charge in [0, 0.05) is 64.6 Å². The van der Waals surface area contributed by atoms with Crippen LogP contribution in [-0.2, 0) is 38.2 Å². The first-order valence-electron chi connectivity index (χ1n) is 15.0. The number of amides is 2. The predicted molar refractivity (Wildman–Crippen MR) is 147 cm³/mol. The van der Waals surface area contributed by atoms with Gasteiger partial charge in [-0.15, -0.1) is 0 Å². The molecule has 4 heterocycles. The monoisotopic (exact) mass is 579 g/mol. The summed E-state index contributed by atoms with van der Waals surface area (Å²) in [6.07, 6.45) is 1.53. The van der Waals surface area contributed by atoms with Crippen molar-refractivity contribution in [1.29, 1.82) is 0 Å². The number of nitrogens with zero attached hydrogens (tertiary/aromatic N) is 3. The van der Waals surface area contributed by atoms with E-state index in [4.69, 9.17) is 9.47 Å². The molecule has 7 nitrogen and oxygen atoms in total. The molecule has 1 aromatic rings. The van der Waals surface area contributed by atoms with Crippen molar-refractivity contribution in [3.63, 3.8) is 0 Å². The van der Waals surface area contributed by atoms with Crippen LogP contribution in [0.5, 0.6) is 0 Å². The van der Waals surface area contributed by atoms with Crippen LogP contribution in [-0.4, -0.2) is 72.7 Å². The second-order valence-electron chi connectivity index (χ2n) is 13.9. The topological polar surface area (TPSA) is 72.0 Å². The van der Waals surface area contributed by atoms with Gasteiger partial charge in [0.05, 0.1) is 23.7 Å². The van der Waals surface area contributed by atoms with Crippen LogP contribution >= 0.6 is 0 Å². The van der Waals surface area contributed by atoms with Crippen LogP contribution in [0.15, 0.2) is 12.3 Å². The van der Waals surface area contributed by atoms with Gasteiger partial charge in [0.15, 0.2) is 0 Å². The molecule has 0 bridgehead atoms. The highest BCUT2D eigenvalue weighted by atomic mass is 19.4. The second kappa shape index (κ2) is 11.5. The number of halogens is 3. The van der Waals surface area contributed by atoms with Gasteiger partial charge >= 0.3 is 6.18 Å². The molecule has 0 radical (unpaired) electrons. The number of methoxy groups -OCH3 is 1. The van der Waals surface area contributed by atoms with Crippen molar-refractivity contribution < 1.29 is 32.2 Å². The second-order valence-corrected chi connectivity index (χ2v) is 13.9. The van der Waals surface area contributed by atoms with Gasteiger partial charge in [-0.25, -0.2) is 0 Å². The molecule has 5 atom stereocenters. The maximum absolute atomic E-state index is 14.4. The first kappa shape index (κ1) is 30.3. The summed E-state index contributed by atoms with van der Waals surface area (Å²) in [6.45, 7) is 9.14. The molecule has 3 fully saturated rings. The molecular weight excluding hydrogens is 535 g/mol. The fourth-order valence-electron chi connectivity index (χ4n) is 7.63. The minimum Gasteiger partial charge on any atom is -0.379 e. The Hall–Kier alpha value is -2.20. The summed E-state index contributed by atoms with van der Waals surface area (Å²) in [6, 6.07) is 1.14. The SMILES string of the molecule is COC1COCCC1C[C@@H]1C[C@H]2CN(C(=O)CCC(C)(C)C)C[C@@]2(C(=O)N2CCc3ncc(C(F)(F)F)cc3C2)C1. The number of carbonyl (C=O) groups is 2. The molecule has 0 N–H and O–H groups in total. The Kier molecular flexibility index (Phi) is 8.47. The maximum Gasteiger partial charge on any atom is 0.417 e. The first-order valence-corrected chi connectivity index (χ1v) is 15.0. The molecule has 3 aliphatic heterocycles. The number of likely N-dealkylation sites (tertiary alicyclic amines) is 1. The van der Waals surface area contributed by atoms with Gasteiger partial charge in [-0.05, 0) is 66.9 Å². The van der Waals surface area contributed by atoms with Crippen molar-refractivity contribution in [3.8, 4) is 0 Å². The third-order valence-electron chi connectivity index (χ3n) is 9.87. The fourth-order valence-corrected chi connectivity index (χ4v) is 7.63. The molecule has 2 unspecified atom stereocenters. The Balaban J connectivity index is 1.36. The Bertz CT molecular complexity index is 1140. The molecule has 1 saturated carbocycles. The van der Waals surface area contributed by atoms with Gasteiger partial charge in [-0.2, -0.15) is 13.2 Å². The molecule has 41 heavy (non-hydrogen) atoms. The average molecular weight is 580 g/mol. The minimum atomic E-state index is -4.49. The predicted octanol–water partition coefficient (Wildman–Crippen LogP) is 5.11. The molecule has 2 saturated heterocycles. The Morgan fingerprint density at radius 3 is 2.71 bits per heavy atom. The van der Waals surface area contributed by atoms with E-state index in [0.29, 0.717) is 75.2 Å². The molecular formula is C31H44F3N3O4. The number of ether oxygens (including phenoxy) is 2. The van der Waals surface area contributed by atoms with Crippen LogP contribution in [0.2, 0.25) is 0 Å². The normalized spacial score (nSPS) is 30.3. The average Bonchev–Trinajstić information content (AvgIpc) is 3.45. The lowest BCUT2D eigenvalue weighted by Gasteiger charge is -2.37. The number of pyridine rings is 1. The summed E-state index contributed by atoms with van der Waals surface area (Å²) in [5.41, 5.74) is -0.375. The van der Waals surface area contributed by atoms with Gasteiger partial charge in [-0.3, -0.25) is 14.6 Å². The summed E-state index contributed by atoms with van der Waals surface area (Å²) < 4.78 is 51.5. The standard InChI is InChI=1S/C31H44F3N3O4/c1-29(2,3)8-5-27(38)37-17-24-12-20(11-21-7-10-41-18-26(21)40-4)14-30(24,19-37)28(39)36-9-6-25-22(16-36)13-23(15-35-25)31(32,33)34/h13,15,20-21,24,26H,5-12,14,16-19H2,1-4H3/t20-,21?,24+,26?,30+/m1/s1. The van der Waals surface area contributed by atoms with E-state index < -0.39 is 17.2 Å².